The maximum Gasteiger partial charge on any atom is 0.599 e. The molecule has 0 spiro atoms. The molecule has 16 heavy (non-hydrogen) atoms. The summed E-state index contributed by atoms with van der Waals surface area (Å²) in [5, 5.41) is 0.772. The monoisotopic (exact) mass is 249 g/mol. The third-order valence-electron chi connectivity index (χ3n) is 2.97. The maximum atomic E-state index is 6.10. The topological polar surface area (TPSA) is 11.3 Å². The first kappa shape index (κ1) is 13.4. The molecule has 0 aliphatic carbocycles. The van der Waals surface area contributed by atoms with Crippen LogP contribution in [0, 0.1) is 0 Å². The van der Waals surface area contributed by atoms with Crippen molar-refractivity contribution >= 4 is 23.6 Å². The van der Waals surface area contributed by atoms with E-state index < -0.39 is 9.04 Å². The van der Waals surface area contributed by atoms with Crippen LogP contribution in [0.5, 0.6) is 0 Å². The summed E-state index contributed by atoms with van der Waals surface area (Å²) in [6.07, 6.45) is 0. The van der Waals surface area contributed by atoms with E-state index in [1.54, 1.807) is 0 Å². The Kier molecular flexibility index (Phi) is 5.15. The molecule has 0 fully saturated rings. The van der Waals surface area contributed by atoms with E-state index in [2.05, 4.69) is 57.8 Å². The van der Waals surface area contributed by atoms with Crippen LogP contribution in [-0.4, -0.2) is 23.6 Å². The summed E-state index contributed by atoms with van der Waals surface area (Å²) in [6.45, 7) is 11.4. The number of ketones is 1. The maximum absolute atomic E-state index is 6.10. The van der Waals surface area contributed by atoms with Crippen molar-refractivity contribution in [2.24, 2.45) is 0 Å². The molecule has 1 aromatic carbocycles. The lowest BCUT2D eigenvalue weighted by atomic mass is 10.2. The molecule has 0 saturated carbocycles. The van der Waals surface area contributed by atoms with E-state index in [-0.39, 0.29) is 8.80 Å². The van der Waals surface area contributed by atoms with Crippen LogP contribution < -0.4 is 0 Å². The minimum atomic E-state index is -0.705. The van der Waals surface area contributed by atoms with Gasteiger partial charge in [-0.15, -0.1) is 0 Å². The van der Waals surface area contributed by atoms with E-state index >= 15 is 0 Å². The molecule has 0 aromatic heterocycles. The highest BCUT2D eigenvalue weighted by atomic mass is 28.3. The fourth-order valence-electron chi connectivity index (χ4n) is 1.47. The van der Waals surface area contributed by atoms with E-state index in [1.807, 2.05) is 6.07 Å². The fourth-order valence-corrected chi connectivity index (χ4v) is 5.67. The van der Waals surface area contributed by atoms with Crippen molar-refractivity contribution in [3.63, 3.8) is 0 Å². The zero-order valence-electron chi connectivity index (χ0n) is 10.9. The van der Waals surface area contributed by atoms with Gasteiger partial charge in [-0.3, -0.25) is 0 Å². The summed E-state index contributed by atoms with van der Waals surface area (Å²) >= 11 is 0. The summed E-state index contributed by atoms with van der Waals surface area (Å²) in [5.74, 6) is 1.08. The molecule has 1 nitrogen and oxygen atoms in total. The molecule has 1 unspecified atom stereocenters. The van der Waals surface area contributed by atoms with Crippen LogP contribution in [0.25, 0.3) is 0 Å². The molecule has 2 radical (unpaired) electrons. The molecule has 1 rings (SSSR count). The zero-order valence-corrected chi connectivity index (χ0v) is 12.9. The Bertz CT molecular complexity index is 346. The minimum absolute atomic E-state index is 0.231. The molecular formula is C13H21OSi2+. The van der Waals surface area contributed by atoms with Crippen molar-refractivity contribution in [2.75, 3.05) is 0 Å². The Labute approximate surface area is 103 Å². The lowest BCUT2D eigenvalue weighted by Crippen LogP contribution is -2.24. The molecule has 0 aliphatic heterocycles. The minimum Gasteiger partial charge on any atom is -0.368 e. The molecule has 1 atom stereocenters. The van der Waals surface area contributed by atoms with Gasteiger partial charge in [0.05, 0.1) is 14.4 Å². The van der Waals surface area contributed by atoms with E-state index in [0.29, 0.717) is 0 Å². The van der Waals surface area contributed by atoms with Crippen molar-refractivity contribution in [2.45, 2.75) is 38.7 Å². The van der Waals surface area contributed by atoms with Gasteiger partial charge in [0.2, 0.25) is 0 Å². The van der Waals surface area contributed by atoms with E-state index in [0.717, 1.165) is 10.9 Å². The Morgan fingerprint density at radius 3 is 2.19 bits per heavy atom. The third-order valence-corrected chi connectivity index (χ3v) is 9.50. The smallest absolute Gasteiger partial charge is 0.368 e. The standard InChI is InChI=1S/C13H21OSi2/c1-11(13-9-7-6-8-10-13)14-16(5)12(2)15(3)4/h6-10,12H,1-5H3/q+1. The van der Waals surface area contributed by atoms with Crippen LogP contribution in [0.4, 0.5) is 0 Å². The number of hydrogen-bond acceptors (Lipinski definition) is 0. The highest BCUT2D eigenvalue weighted by molar-refractivity contribution is 6.74. The second kappa shape index (κ2) is 6.16. The second-order valence-corrected chi connectivity index (χ2v) is 10.3. The van der Waals surface area contributed by atoms with Gasteiger partial charge in [-0.1, -0.05) is 38.2 Å². The Morgan fingerprint density at radius 2 is 1.69 bits per heavy atom. The Balaban J connectivity index is 2.77. The van der Waals surface area contributed by atoms with E-state index in [4.69, 9.17) is 4.11 Å². The second-order valence-electron chi connectivity index (χ2n) is 4.43. The molecule has 0 amide bonds. The Morgan fingerprint density at radius 1 is 1.12 bits per heavy atom. The molecule has 0 bridgehead atoms. The molecule has 0 aliphatic rings. The van der Waals surface area contributed by atoms with Crippen LogP contribution in [0.15, 0.2) is 30.3 Å². The van der Waals surface area contributed by atoms with Crippen LogP contribution >= 0.6 is 0 Å². The first-order valence-corrected chi connectivity index (χ1v) is 10.3. The highest BCUT2D eigenvalue weighted by Gasteiger charge is 2.34. The van der Waals surface area contributed by atoms with Gasteiger partial charge in [0, 0.05) is 18.6 Å². The number of carbonyl (C=O) groups excluding carboxylic acids is 1. The average Bonchev–Trinajstić information content (AvgIpc) is 2.28. The summed E-state index contributed by atoms with van der Waals surface area (Å²) in [4.78, 5) is 0. The van der Waals surface area contributed by atoms with Gasteiger partial charge in [0.15, 0.2) is 0 Å². The largest absolute Gasteiger partial charge is 0.599 e. The fraction of sp³-hybridized carbons (Fsp3) is 0.462. The Hall–Kier alpha value is -0.676. The number of rotatable bonds is 4. The SMILES string of the molecule is CC(=[O+][Si](C)C(C)[Si](C)C)c1ccccc1. The summed E-state index contributed by atoms with van der Waals surface area (Å²) in [7, 11) is -0.936. The molecule has 3 heteroatoms. The number of hydrogen-bond donors (Lipinski definition) is 0. The van der Waals surface area contributed by atoms with E-state index in [9.17, 15) is 0 Å². The van der Waals surface area contributed by atoms with Crippen LogP contribution in [-0.2, 0) is 0 Å². The normalized spacial score (nSPS) is 14.6. The van der Waals surface area contributed by atoms with Crippen molar-refractivity contribution in [3.05, 3.63) is 35.9 Å². The lowest BCUT2D eigenvalue weighted by Gasteiger charge is -2.07. The predicted octanol–water partition coefficient (Wildman–Crippen LogP) is 3.73. The van der Waals surface area contributed by atoms with Crippen LogP contribution in [0.3, 0.4) is 0 Å². The van der Waals surface area contributed by atoms with Gasteiger partial charge in [0.25, 0.3) is 5.78 Å². The zero-order chi connectivity index (χ0) is 12.1. The van der Waals surface area contributed by atoms with Crippen molar-refractivity contribution in [3.8, 4) is 0 Å². The van der Waals surface area contributed by atoms with Gasteiger partial charge in [-0.2, -0.15) is 0 Å². The molecule has 0 N–H and O–H groups in total. The first-order chi connectivity index (χ1) is 7.52. The van der Waals surface area contributed by atoms with Gasteiger partial charge >= 0.3 is 9.04 Å². The van der Waals surface area contributed by atoms with E-state index in [1.165, 1.54) is 5.56 Å². The summed E-state index contributed by atoms with van der Waals surface area (Å²) < 4.78 is 6.10. The van der Waals surface area contributed by atoms with Gasteiger partial charge in [0.1, 0.15) is 0 Å². The molecular weight excluding hydrogens is 228 g/mol. The summed E-state index contributed by atoms with van der Waals surface area (Å²) in [5.41, 5.74) is 1.21. The van der Waals surface area contributed by atoms with Crippen molar-refractivity contribution in [1.29, 1.82) is 0 Å². The quantitative estimate of drug-likeness (QED) is 0.438. The first-order valence-electron chi connectivity index (χ1n) is 5.72. The van der Waals surface area contributed by atoms with Gasteiger partial charge < -0.3 is 4.11 Å². The van der Waals surface area contributed by atoms with Crippen LogP contribution in [0.1, 0.15) is 23.5 Å². The van der Waals surface area contributed by atoms with Gasteiger partial charge in [-0.05, 0) is 12.1 Å². The van der Waals surface area contributed by atoms with Crippen molar-refractivity contribution < 1.29 is 4.11 Å². The molecule has 1 aromatic rings. The van der Waals surface area contributed by atoms with Crippen LogP contribution in [0.2, 0.25) is 24.8 Å². The lowest BCUT2D eigenvalue weighted by molar-refractivity contribution is -0.0905. The summed E-state index contributed by atoms with van der Waals surface area (Å²) in [6, 6.07) is 10.4. The highest BCUT2D eigenvalue weighted by Crippen LogP contribution is 2.15. The third kappa shape index (κ3) is 3.72. The van der Waals surface area contributed by atoms with Crippen molar-refractivity contribution in [1.82, 2.24) is 0 Å². The molecule has 0 heterocycles. The molecule has 86 valence electrons. The van der Waals surface area contributed by atoms with Gasteiger partial charge in [-0.25, -0.2) is 0 Å². The molecule has 0 saturated heterocycles. The number of benzene rings is 1. The average molecular weight is 249 g/mol. The predicted molar refractivity (Wildman–Crippen MR) is 75.0 cm³/mol.